The summed E-state index contributed by atoms with van der Waals surface area (Å²) in [6.45, 7) is 0. The summed E-state index contributed by atoms with van der Waals surface area (Å²) in [6.07, 6.45) is 0. The number of hydrogen-bond acceptors (Lipinski definition) is 0. The number of H-pyrrole nitrogens is 1. The fourth-order valence-electron chi connectivity index (χ4n) is 2.59. The maximum absolute atomic E-state index is 6.24. The summed E-state index contributed by atoms with van der Waals surface area (Å²) in [4.78, 5) is 3.44. The lowest BCUT2D eigenvalue weighted by Gasteiger charge is -2.00. The third-order valence-corrected chi connectivity index (χ3v) is 3.78. The van der Waals surface area contributed by atoms with Crippen LogP contribution < -0.4 is 0 Å². The first kappa shape index (κ1) is 9.98. The van der Waals surface area contributed by atoms with Gasteiger partial charge in [0.25, 0.3) is 0 Å². The molecule has 0 bridgehead atoms. The van der Waals surface area contributed by atoms with Gasteiger partial charge in [-0.1, -0.05) is 41.9 Å². The van der Waals surface area contributed by atoms with Crippen LogP contribution in [0, 0.1) is 0 Å². The lowest BCUT2D eigenvalue weighted by Crippen LogP contribution is -1.75. The number of fused-ring (bicyclic) bond motifs is 4. The van der Waals surface area contributed by atoms with Gasteiger partial charge in [0, 0.05) is 32.2 Å². The predicted octanol–water partition coefficient (Wildman–Crippen LogP) is 5.13. The van der Waals surface area contributed by atoms with Gasteiger partial charge >= 0.3 is 0 Å². The first-order chi connectivity index (χ1) is 8.83. The number of para-hydroxylation sites is 1. The van der Waals surface area contributed by atoms with E-state index in [1.165, 1.54) is 21.7 Å². The summed E-state index contributed by atoms with van der Waals surface area (Å²) >= 11 is 6.24. The molecule has 4 aromatic rings. The molecule has 1 nitrogen and oxygen atoms in total. The fraction of sp³-hybridized carbons (Fsp3) is 0. The van der Waals surface area contributed by atoms with Crippen molar-refractivity contribution in [2.75, 3.05) is 0 Å². The minimum atomic E-state index is 0.799. The molecule has 0 unspecified atom stereocenters. The zero-order chi connectivity index (χ0) is 12.1. The van der Waals surface area contributed by atoms with E-state index in [2.05, 4.69) is 41.4 Å². The molecule has 1 aromatic heterocycles. The number of halogens is 1. The molecule has 0 radical (unpaired) electrons. The Morgan fingerprint density at radius 2 is 1.61 bits per heavy atom. The summed E-state index contributed by atoms with van der Waals surface area (Å²) in [5.41, 5.74) is 2.30. The molecule has 1 heterocycles. The van der Waals surface area contributed by atoms with Crippen LogP contribution in [0.3, 0.4) is 0 Å². The Kier molecular flexibility index (Phi) is 1.94. The monoisotopic (exact) mass is 251 g/mol. The highest BCUT2D eigenvalue weighted by molar-refractivity contribution is 6.36. The molecule has 18 heavy (non-hydrogen) atoms. The minimum Gasteiger partial charge on any atom is -0.354 e. The lowest BCUT2D eigenvalue weighted by atomic mass is 10.1. The molecule has 86 valence electrons. The third-order valence-electron chi connectivity index (χ3n) is 3.45. The van der Waals surface area contributed by atoms with Crippen LogP contribution in [-0.2, 0) is 0 Å². The molecule has 0 fully saturated rings. The molecule has 0 aliphatic heterocycles. The maximum Gasteiger partial charge on any atom is 0.0485 e. The summed E-state index contributed by atoms with van der Waals surface area (Å²) in [5, 5.41) is 5.58. The molecule has 0 spiro atoms. The average molecular weight is 252 g/mol. The van der Waals surface area contributed by atoms with Gasteiger partial charge in [0.1, 0.15) is 0 Å². The summed E-state index contributed by atoms with van der Waals surface area (Å²) in [7, 11) is 0. The lowest BCUT2D eigenvalue weighted by molar-refractivity contribution is 1.55. The topological polar surface area (TPSA) is 15.8 Å². The van der Waals surface area contributed by atoms with E-state index in [0.717, 1.165) is 15.9 Å². The van der Waals surface area contributed by atoms with Gasteiger partial charge in [0.15, 0.2) is 0 Å². The van der Waals surface area contributed by atoms with Crippen LogP contribution in [0.1, 0.15) is 0 Å². The van der Waals surface area contributed by atoms with E-state index in [-0.39, 0.29) is 0 Å². The number of rotatable bonds is 0. The first-order valence-electron chi connectivity index (χ1n) is 5.92. The van der Waals surface area contributed by atoms with Crippen LogP contribution in [0.5, 0.6) is 0 Å². The molecule has 0 saturated heterocycles. The van der Waals surface area contributed by atoms with Gasteiger partial charge in [0.2, 0.25) is 0 Å². The van der Waals surface area contributed by atoms with Crippen molar-refractivity contribution in [2.45, 2.75) is 0 Å². The van der Waals surface area contributed by atoms with E-state index in [0.29, 0.717) is 0 Å². The van der Waals surface area contributed by atoms with Crippen molar-refractivity contribution in [2.24, 2.45) is 0 Å². The van der Waals surface area contributed by atoms with Gasteiger partial charge in [0.05, 0.1) is 0 Å². The van der Waals surface area contributed by atoms with Gasteiger partial charge in [-0.3, -0.25) is 0 Å². The van der Waals surface area contributed by atoms with Crippen LogP contribution in [0.25, 0.3) is 32.6 Å². The Labute approximate surface area is 109 Å². The smallest absolute Gasteiger partial charge is 0.0485 e. The van der Waals surface area contributed by atoms with E-state index in [9.17, 15) is 0 Å². The molecule has 2 heteroatoms. The second-order valence-electron chi connectivity index (χ2n) is 4.53. The fourth-order valence-corrected chi connectivity index (χ4v) is 2.82. The van der Waals surface area contributed by atoms with Crippen LogP contribution in [0.4, 0.5) is 0 Å². The van der Waals surface area contributed by atoms with E-state index in [4.69, 9.17) is 11.6 Å². The second-order valence-corrected chi connectivity index (χ2v) is 4.94. The van der Waals surface area contributed by atoms with Crippen LogP contribution in [-0.4, -0.2) is 4.98 Å². The molecule has 0 amide bonds. The predicted molar refractivity (Wildman–Crippen MR) is 78.3 cm³/mol. The van der Waals surface area contributed by atoms with Gasteiger partial charge in [-0.05, 0) is 29.7 Å². The van der Waals surface area contributed by atoms with E-state index in [1.54, 1.807) is 0 Å². The normalized spacial score (nSPS) is 11.6. The molecule has 1 N–H and O–H groups in total. The van der Waals surface area contributed by atoms with Crippen LogP contribution >= 0.6 is 11.6 Å². The standard InChI is InChI=1S/C16H10ClN/c17-14-6-3-4-10-8-13-11-5-1-2-7-15(11)18-16(13)9-12(10)14/h1-9,18H. The van der Waals surface area contributed by atoms with Gasteiger partial charge in [-0.25, -0.2) is 0 Å². The summed E-state index contributed by atoms with van der Waals surface area (Å²) in [6, 6.07) is 18.7. The van der Waals surface area contributed by atoms with E-state index < -0.39 is 0 Å². The molecule has 3 aromatic carbocycles. The highest BCUT2D eigenvalue weighted by Gasteiger charge is 2.06. The Morgan fingerprint density at radius 1 is 0.722 bits per heavy atom. The number of hydrogen-bond donors (Lipinski definition) is 1. The van der Waals surface area contributed by atoms with Crippen molar-refractivity contribution in [3.05, 3.63) is 59.6 Å². The maximum atomic E-state index is 6.24. The Hall–Kier alpha value is -1.99. The third kappa shape index (κ3) is 1.28. The van der Waals surface area contributed by atoms with Gasteiger partial charge < -0.3 is 4.98 Å². The van der Waals surface area contributed by atoms with E-state index in [1.807, 2.05) is 18.2 Å². The summed E-state index contributed by atoms with van der Waals surface area (Å²) in [5.74, 6) is 0. The highest BCUT2D eigenvalue weighted by atomic mass is 35.5. The number of nitrogens with one attached hydrogen (secondary N) is 1. The molecule has 4 rings (SSSR count). The average Bonchev–Trinajstić information content (AvgIpc) is 2.75. The van der Waals surface area contributed by atoms with Gasteiger partial charge in [-0.2, -0.15) is 0 Å². The van der Waals surface area contributed by atoms with Crippen LogP contribution in [0.15, 0.2) is 54.6 Å². The molecule has 0 atom stereocenters. The molecular weight excluding hydrogens is 242 g/mol. The second kappa shape index (κ2) is 3.50. The van der Waals surface area contributed by atoms with Crippen molar-refractivity contribution < 1.29 is 0 Å². The summed E-state index contributed by atoms with van der Waals surface area (Å²) < 4.78 is 0. The van der Waals surface area contributed by atoms with Crippen molar-refractivity contribution in [1.29, 1.82) is 0 Å². The molecule has 0 saturated carbocycles. The molecular formula is C16H10ClN. The quantitative estimate of drug-likeness (QED) is 0.446. The van der Waals surface area contributed by atoms with Crippen molar-refractivity contribution in [3.63, 3.8) is 0 Å². The Bertz CT molecular complexity index is 889. The Morgan fingerprint density at radius 3 is 2.56 bits per heavy atom. The van der Waals surface area contributed by atoms with Crippen LogP contribution in [0.2, 0.25) is 5.02 Å². The Balaban J connectivity index is 2.27. The highest BCUT2D eigenvalue weighted by Crippen LogP contribution is 2.32. The van der Waals surface area contributed by atoms with Gasteiger partial charge in [-0.15, -0.1) is 0 Å². The first-order valence-corrected chi connectivity index (χ1v) is 6.29. The van der Waals surface area contributed by atoms with Crippen molar-refractivity contribution >= 4 is 44.2 Å². The molecule has 0 aliphatic carbocycles. The van der Waals surface area contributed by atoms with E-state index >= 15 is 0 Å². The largest absolute Gasteiger partial charge is 0.354 e. The van der Waals surface area contributed by atoms with Crippen molar-refractivity contribution in [3.8, 4) is 0 Å². The number of aromatic amines is 1. The SMILES string of the molecule is Clc1cccc2cc3c(cc12)[nH]c1ccccc13. The zero-order valence-electron chi connectivity index (χ0n) is 9.57. The number of aromatic nitrogens is 1. The zero-order valence-corrected chi connectivity index (χ0v) is 10.3. The van der Waals surface area contributed by atoms with Crippen molar-refractivity contribution in [1.82, 2.24) is 4.98 Å². The number of benzene rings is 3. The molecule has 0 aliphatic rings. The minimum absolute atomic E-state index is 0.799.